The molecule has 1 aliphatic rings. The topological polar surface area (TPSA) is 84.9 Å². The van der Waals surface area contributed by atoms with E-state index in [2.05, 4.69) is 5.32 Å². The van der Waals surface area contributed by atoms with Crippen molar-refractivity contribution in [2.24, 2.45) is 0 Å². The van der Waals surface area contributed by atoms with Gasteiger partial charge in [-0.3, -0.25) is 14.4 Å². The van der Waals surface area contributed by atoms with Gasteiger partial charge in [0.25, 0.3) is 5.91 Å². The normalized spacial score (nSPS) is 12.8. The molecule has 0 atom stereocenters. The van der Waals surface area contributed by atoms with E-state index in [1.54, 1.807) is 42.5 Å². The number of anilines is 2. The molecular formula is C21H22N2O5. The Hall–Kier alpha value is -3.35. The molecule has 3 rings (SSSR count). The van der Waals surface area contributed by atoms with E-state index >= 15 is 0 Å². The first kappa shape index (κ1) is 19.4. The van der Waals surface area contributed by atoms with E-state index < -0.39 is 0 Å². The number of carbonyl (C=O) groups is 3. The van der Waals surface area contributed by atoms with E-state index in [1.807, 2.05) is 6.92 Å². The van der Waals surface area contributed by atoms with Crippen LogP contribution in [0.15, 0.2) is 42.5 Å². The van der Waals surface area contributed by atoms with Crippen LogP contribution >= 0.6 is 0 Å². The molecule has 2 aromatic carbocycles. The summed E-state index contributed by atoms with van der Waals surface area (Å²) in [6, 6.07) is 12.0. The van der Waals surface area contributed by atoms with Gasteiger partial charge in [0.05, 0.1) is 12.3 Å². The predicted molar refractivity (Wildman–Crippen MR) is 105 cm³/mol. The largest absolute Gasteiger partial charge is 0.494 e. The van der Waals surface area contributed by atoms with E-state index in [1.165, 1.54) is 11.8 Å². The molecule has 0 saturated heterocycles. The molecule has 146 valence electrons. The Kier molecular flexibility index (Phi) is 5.93. The van der Waals surface area contributed by atoms with Crippen LogP contribution in [0.25, 0.3) is 0 Å². The summed E-state index contributed by atoms with van der Waals surface area (Å²) in [5.74, 6) is 0.692. The zero-order chi connectivity index (χ0) is 20.1. The van der Waals surface area contributed by atoms with Gasteiger partial charge in [-0.15, -0.1) is 0 Å². The number of nitrogens with one attached hydrogen (secondary N) is 1. The van der Waals surface area contributed by atoms with Gasteiger partial charge in [-0.25, -0.2) is 0 Å². The lowest BCUT2D eigenvalue weighted by Gasteiger charge is -2.29. The summed E-state index contributed by atoms with van der Waals surface area (Å²) in [5, 5.41) is 2.80. The third-order valence-electron chi connectivity index (χ3n) is 4.32. The molecule has 2 amide bonds. The molecule has 1 heterocycles. The Bertz CT molecular complexity index is 892. The maximum Gasteiger partial charge on any atom is 0.265 e. The highest BCUT2D eigenvalue weighted by atomic mass is 16.5. The minimum Gasteiger partial charge on any atom is -0.494 e. The highest BCUT2D eigenvalue weighted by Gasteiger charge is 2.26. The molecule has 1 aliphatic heterocycles. The minimum absolute atomic E-state index is 0.0903. The van der Waals surface area contributed by atoms with Crippen molar-refractivity contribution >= 4 is 29.0 Å². The first-order chi connectivity index (χ1) is 13.5. The molecule has 0 aliphatic carbocycles. The molecule has 0 radical (unpaired) electrons. The van der Waals surface area contributed by atoms with E-state index in [-0.39, 0.29) is 37.2 Å². The highest BCUT2D eigenvalue weighted by molar-refractivity contribution is 6.02. The van der Waals surface area contributed by atoms with E-state index in [0.717, 1.165) is 5.75 Å². The highest BCUT2D eigenvalue weighted by Crippen LogP contribution is 2.33. The van der Waals surface area contributed by atoms with Crippen LogP contribution in [-0.2, 0) is 9.59 Å². The molecule has 7 nitrogen and oxygen atoms in total. The summed E-state index contributed by atoms with van der Waals surface area (Å²) in [4.78, 5) is 37.7. The quantitative estimate of drug-likeness (QED) is 0.744. The molecule has 28 heavy (non-hydrogen) atoms. The maximum atomic E-state index is 12.3. The third-order valence-corrected chi connectivity index (χ3v) is 4.32. The number of nitrogens with zero attached hydrogens (tertiary/aromatic N) is 1. The summed E-state index contributed by atoms with van der Waals surface area (Å²) < 4.78 is 10.8. The second-order valence-corrected chi connectivity index (χ2v) is 6.33. The van der Waals surface area contributed by atoms with Crippen molar-refractivity contribution < 1.29 is 23.9 Å². The van der Waals surface area contributed by atoms with Crippen LogP contribution in [0.2, 0.25) is 0 Å². The Balaban J connectivity index is 1.65. The summed E-state index contributed by atoms with van der Waals surface area (Å²) in [5.41, 5.74) is 1.65. The molecular weight excluding hydrogens is 360 g/mol. The number of ketones is 1. The monoisotopic (exact) mass is 382 g/mol. The first-order valence-electron chi connectivity index (χ1n) is 9.09. The molecule has 0 aromatic heterocycles. The number of benzene rings is 2. The second kappa shape index (κ2) is 8.56. The van der Waals surface area contributed by atoms with Gasteiger partial charge in [0.2, 0.25) is 5.91 Å². The lowest BCUT2D eigenvalue weighted by atomic mass is 10.1. The minimum atomic E-state index is -0.248. The first-order valence-corrected chi connectivity index (χ1v) is 9.09. The van der Waals surface area contributed by atoms with E-state index in [9.17, 15) is 14.4 Å². The van der Waals surface area contributed by atoms with Crippen LogP contribution in [0.1, 0.15) is 30.6 Å². The summed E-state index contributed by atoms with van der Waals surface area (Å²) in [6.45, 7) is 4.04. The standard InChI is InChI=1S/C21H22N2O5/c1-3-27-17-7-5-16(6-8-17)22-20(25)10-11-23-18-12-15(14(2)24)4-9-19(18)28-13-21(23)26/h4-9,12H,3,10-11,13H2,1-2H3,(H,22,25). The van der Waals surface area contributed by atoms with Crippen LogP contribution in [0.5, 0.6) is 11.5 Å². The fourth-order valence-electron chi connectivity index (χ4n) is 2.90. The Morgan fingerprint density at radius 3 is 2.61 bits per heavy atom. The van der Waals surface area contributed by atoms with Gasteiger partial charge in [0.1, 0.15) is 11.5 Å². The average molecular weight is 382 g/mol. The van der Waals surface area contributed by atoms with Crippen LogP contribution in [0, 0.1) is 0 Å². The van der Waals surface area contributed by atoms with Gasteiger partial charge < -0.3 is 19.7 Å². The van der Waals surface area contributed by atoms with Gasteiger partial charge in [-0.1, -0.05) is 0 Å². The van der Waals surface area contributed by atoms with Crippen LogP contribution in [0.4, 0.5) is 11.4 Å². The van der Waals surface area contributed by atoms with Gasteiger partial charge in [-0.2, -0.15) is 0 Å². The molecule has 7 heteroatoms. The van der Waals surface area contributed by atoms with Gasteiger partial charge in [0.15, 0.2) is 12.4 Å². The van der Waals surface area contributed by atoms with Gasteiger partial charge >= 0.3 is 0 Å². The molecule has 0 saturated carbocycles. The molecule has 2 aromatic rings. The molecule has 0 spiro atoms. The van der Waals surface area contributed by atoms with Gasteiger partial charge in [0, 0.05) is 24.2 Å². The SMILES string of the molecule is CCOc1ccc(NC(=O)CCN2C(=O)COc3ccc(C(C)=O)cc32)cc1. The zero-order valence-electron chi connectivity index (χ0n) is 15.9. The number of carbonyl (C=O) groups excluding carboxylic acids is 3. The zero-order valence-corrected chi connectivity index (χ0v) is 15.9. The van der Waals surface area contributed by atoms with Crippen LogP contribution < -0.4 is 19.7 Å². The number of Topliss-reactive ketones (excluding diaryl/α,β-unsaturated/α-hetero) is 1. The smallest absolute Gasteiger partial charge is 0.265 e. The Morgan fingerprint density at radius 1 is 1.18 bits per heavy atom. The van der Waals surface area contributed by atoms with Crippen LogP contribution in [-0.4, -0.2) is 37.4 Å². The number of hydrogen-bond donors (Lipinski definition) is 1. The predicted octanol–water partition coefficient (Wildman–Crippen LogP) is 3.04. The lowest BCUT2D eigenvalue weighted by Crippen LogP contribution is -2.40. The number of amides is 2. The van der Waals surface area contributed by atoms with Crippen molar-refractivity contribution in [1.29, 1.82) is 0 Å². The van der Waals surface area contributed by atoms with Gasteiger partial charge in [-0.05, 0) is 56.3 Å². The Morgan fingerprint density at radius 2 is 1.93 bits per heavy atom. The number of ether oxygens (including phenoxy) is 2. The van der Waals surface area contributed by atoms with E-state index in [0.29, 0.717) is 29.3 Å². The van der Waals surface area contributed by atoms with Crippen molar-refractivity contribution in [3.63, 3.8) is 0 Å². The molecule has 0 bridgehead atoms. The van der Waals surface area contributed by atoms with Crippen LogP contribution in [0.3, 0.4) is 0 Å². The van der Waals surface area contributed by atoms with Crippen molar-refractivity contribution in [2.75, 3.05) is 30.0 Å². The van der Waals surface area contributed by atoms with Crippen molar-refractivity contribution in [2.45, 2.75) is 20.3 Å². The fourth-order valence-corrected chi connectivity index (χ4v) is 2.90. The number of fused-ring (bicyclic) bond motifs is 1. The number of hydrogen-bond acceptors (Lipinski definition) is 5. The maximum absolute atomic E-state index is 12.3. The van der Waals surface area contributed by atoms with E-state index in [4.69, 9.17) is 9.47 Å². The molecule has 0 fully saturated rings. The van der Waals surface area contributed by atoms with Crippen molar-refractivity contribution in [1.82, 2.24) is 0 Å². The summed E-state index contributed by atoms with van der Waals surface area (Å²) in [7, 11) is 0. The fraction of sp³-hybridized carbons (Fsp3) is 0.286. The number of rotatable bonds is 7. The average Bonchev–Trinajstić information content (AvgIpc) is 2.68. The second-order valence-electron chi connectivity index (χ2n) is 6.33. The summed E-state index contributed by atoms with van der Waals surface area (Å²) >= 11 is 0. The van der Waals surface area contributed by atoms with Crippen molar-refractivity contribution in [3.05, 3.63) is 48.0 Å². The lowest BCUT2D eigenvalue weighted by molar-refractivity contribution is -0.121. The molecule has 1 N–H and O–H groups in total. The van der Waals surface area contributed by atoms with Crippen molar-refractivity contribution in [3.8, 4) is 11.5 Å². The molecule has 0 unspecified atom stereocenters. The third kappa shape index (κ3) is 4.49. The Labute approximate surface area is 163 Å². The summed E-state index contributed by atoms with van der Waals surface area (Å²) in [6.07, 6.45) is 0.114.